The molecule has 0 radical (unpaired) electrons. The summed E-state index contributed by atoms with van der Waals surface area (Å²) in [5.74, 6) is 2.16. The lowest BCUT2D eigenvalue weighted by molar-refractivity contribution is -0.116. The van der Waals surface area contributed by atoms with Gasteiger partial charge in [0.2, 0.25) is 0 Å². The highest BCUT2D eigenvalue weighted by molar-refractivity contribution is 7.99. The molecule has 1 atom stereocenters. The number of ketones is 1. The number of unbranched alkanes of at least 4 members (excludes halogenated alkanes) is 1. The molecule has 31 heavy (non-hydrogen) atoms. The molecule has 0 fully saturated rings. The SMILES string of the molecule is CCCCSc1nc2c(c(=O)[nH]1)C(c1ccc(OC)c(OC)c1)C1=C(CCCC1=O)N2. The molecule has 1 aliphatic heterocycles. The predicted octanol–water partition coefficient (Wildman–Crippen LogP) is 4.24. The summed E-state index contributed by atoms with van der Waals surface area (Å²) in [6.45, 7) is 2.13. The molecular formula is C23H27N3O4S. The fourth-order valence-electron chi connectivity index (χ4n) is 4.19. The Morgan fingerprint density at radius 1 is 1.16 bits per heavy atom. The number of benzene rings is 1. The van der Waals surface area contributed by atoms with Crippen LogP contribution in [0.25, 0.3) is 0 Å². The maximum Gasteiger partial charge on any atom is 0.257 e. The molecule has 0 spiro atoms. The lowest BCUT2D eigenvalue weighted by Gasteiger charge is -2.33. The molecule has 1 aromatic carbocycles. The summed E-state index contributed by atoms with van der Waals surface area (Å²) in [6, 6.07) is 5.53. The smallest absolute Gasteiger partial charge is 0.257 e. The van der Waals surface area contributed by atoms with Crippen molar-refractivity contribution in [1.29, 1.82) is 0 Å². The molecule has 1 unspecified atom stereocenters. The van der Waals surface area contributed by atoms with Gasteiger partial charge in [-0.1, -0.05) is 31.2 Å². The van der Waals surface area contributed by atoms with Gasteiger partial charge in [0.25, 0.3) is 5.56 Å². The number of allylic oxidation sites excluding steroid dienone is 2. The quantitative estimate of drug-likeness (QED) is 0.377. The monoisotopic (exact) mass is 441 g/mol. The number of hydrogen-bond donors (Lipinski definition) is 2. The first-order chi connectivity index (χ1) is 15.1. The van der Waals surface area contributed by atoms with Gasteiger partial charge < -0.3 is 19.8 Å². The molecule has 1 aliphatic carbocycles. The van der Waals surface area contributed by atoms with E-state index in [1.165, 1.54) is 0 Å². The van der Waals surface area contributed by atoms with Gasteiger partial charge in [0.1, 0.15) is 5.82 Å². The van der Waals surface area contributed by atoms with E-state index in [0.717, 1.165) is 42.7 Å². The van der Waals surface area contributed by atoms with Crippen LogP contribution in [0.3, 0.4) is 0 Å². The first kappa shape index (κ1) is 21.5. The second-order valence-electron chi connectivity index (χ2n) is 7.68. The van der Waals surface area contributed by atoms with E-state index in [4.69, 9.17) is 14.5 Å². The fraction of sp³-hybridized carbons (Fsp3) is 0.435. The number of anilines is 1. The first-order valence-corrected chi connectivity index (χ1v) is 11.6. The Balaban J connectivity index is 1.86. The van der Waals surface area contributed by atoms with Crippen molar-refractivity contribution in [2.75, 3.05) is 25.3 Å². The minimum Gasteiger partial charge on any atom is -0.493 e. The number of H-pyrrole nitrogens is 1. The second kappa shape index (κ2) is 9.18. The fourth-order valence-corrected chi connectivity index (χ4v) is 5.13. The van der Waals surface area contributed by atoms with Crippen LogP contribution < -0.4 is 20.3 Å². The van der Waals surface area contributed by atoms with Crippen LogP contribution in [0.15, 0.2) is 39.4 Å². The number of nitrogens with zero attached hydrogens (tertiary/aromatic N) is 1. The molecule has 0 saturated carbocycles. The van der Waals surface area contributed by atoms with Crippen LogP contribution in [0.2, 0.25) is 0 Å². The Morgan fingerprint density at radius 2 is 1.97 bits per heavy atom. The number of ether oxygens (including phenoxy) is 2. The van der Waals surface area contributed by atoms with Gasteiger partial charge in [-0.15, -0.1) is 0 Å². The normalized spacial score (nSPS) is 17.6. The summed E-state index contributed by atoms with van der Waals surface area (Å²) in [7, 11) is 3.15. The van der Waals surface area contributed by atoms with Crippen LogP contribution in [-0.4, -0.2) is 35.7 Å². The van der Waals surface area contributed by atoms with Crippen molar-refractivity contribution in [3.8, 4) is 11.5 Å². The average Bonchev–Trinajstić information content (AvgIpc) is 2.77. The number of nitrogens with one attached hydrogen (secondary N) is 2. The number of Topliss-reactive ketones (excluding diaryl/α,β-unsaturated/α-hetero) is 1. The number of carbonyl (C=O) groups is 1. The third-order valence-corrected chi connectivity index (χ3v) is 6.67. The first-order valence-electron chi connectivity index (χ1n) is 10.6. The van der Waals surface area contributed by atoms with Crippen molar-refractivity contribution in [2.24, 2.45) is 0 Å². The average molecular weight is 442 g/mol. The zero-order valence-corrected chi connectivity index (χ0v) is 18.9. The number of hydrogen-bond acceptors (Lipinski definition) is 7. The standard InChI is InChI=1S/C23H27N3O4S/c1-4-5-11-31-23-25-21-20(22(28)26-23)18(19-14(24-21)7-6-8-15(19)27)13-9-10-16(29-2)17(12-13)30-3/h9-10,12,18H,4-8,11H2,1-3H3,(H2,24,25,26,28). The van der Waals surface area contributed by atoms with Gasteiger partial charge in [0, 0.05) is 29.4 Å². The Morgan fingerprint density at radius 3 is 2.71 bits per heavy atom. The van der Waals surface area contributed by atoms with Crippen LogP contribution in [-0.2, 0) is 4.79 Å². The Bertz CT molecular complexity index is 1090. The predicted molar refractivity (Wildman–Crippen MR) is 121 cm³/mol. The van der Waals surface area contributed by atoms with E-state index in [1.807, 2.05) is 12.1 Å². The van der Waals surface area contributed by atoms with Crippen LogP contribution in [0.5, 0.6) is 11.5 Å². The summed E-state index contributed by atoms with van der Waals surface area (Å²) in [6.07, 6.45) is 4.17. The number of aromatic nitrogens is 2. The number of aromatic amines is 1. The van der Waals surface area contributed by atoms with E-state index in [9.17, 15) is 9.59 Å². The van der Waals surface area contributed by atoms with Crippen molar-refractivity contribution >= 4 is 23.4 Å². The molecule has 1 aromatic heterocycles. The van der Waals surface area contributed by atoms with E-state index in [1.54, 1.807) is 32.0 Å². The summed E-state index contributed by atoms with van der Waals surface area (Å²) >= 11 is 1.54. The van der Waals surface area contributed by atoms with Crippen LogP contribution >= 0.6 is 11.8 Å². The molecule has 8 heteroatoms. The number of rotatable bonds is 7. The highest BCUT2D eigenvalue weighted by Crippen LogP contribution is 2.45. The third kappa shape index (κ3) is 4.08. The molecule has 0 bridgehead atoms. The maximum atomic E-state index is 13.2. The van der Waals surface area contributed by atoms with Crippen LogP contribution in [0, 0.1) is 0 Å². The third-order valence-electron chi connectivity index (χ3n) is 5.71. The molecule has 2 aromatic rings. The molecule has 2 N–H and O–H groups in total. The molecular weight excluding hydrogens is 414 g/mol. The highest BCUT2D eigenvalue weighted by Gasteiger charge is 2.38. The summed E-state index contributed by atoms with van der Waals surface area (Å²) in [4.78, 5) is 33.8. The zero-order chi connectivity index (χ0) is 22.0. The van der Waals surface area contributed by atoms with E-state index >= 15 is 0 Å². The van der Waals surface area contributed by atoms with Crippen LogP contribution in [0.1, 0.15) is 56.1 Å². The second-order valence-corrected chi connectivity index (χ2v) is 8.76. The van der Waals surface area contributed by atoms with Crippen LogP contribution in [0.4, 0.5) is 5.82 Å². The van der Waals surface area contributed by atoms with Gasteiger partial charge in [-0.25, -0.2) is 4.98 Å². The van der Waals surface area contributed by atoms with Crippen molar-refractivity contribution in [2.45, 2.75) is 50.1 Å². The molecule has 0 saturated heterocycles. The highest BCUT2D eigenvalue weighted by atomic mass is 32.2. The number of fused-ring (bicyclic) bond motifs is 1. The molecule has 164 valence electrons. The van der Waals surface area contributed by atoms with E-state index < -0.39 is 5.92 Å². The molecule has 2 aliphatic rings. The minimum absolute atomic E-state index is 0.0694. The number of thioether (sulfide) groups is 1. The summed E-state index contributed by atoms with van der Waals surface area (Å²) in [5.41, 5.74) is 2.58. The minimum atomic E-state index is -0.496. The van der Waals surface area contributed by atoms with E-state index in [2.05, 4.69) is 17.2 Å². The van der Waals surface area contributed by atoms with Gasteiger partial charge in [-0.2, -0.15) is 0 Å². The topological polar surface area (TPSA) is 93.3 Å². The number of carbonyl (C=O) groups excluding carboxylic acids is 1. The van der Waals surface area contributed by atoms with E-state index in [-0.39, 0.29) is 11.3 Å². The lowest BCUT2D eigenvalue weighted by atomic mass is 9.76. The largest absolute Gasteiger partial charge is 0.493 e. The van der Waals surface area contributed by atoms with Crippen molar-refractivity contribution in [1.82, 2.24) is 9.97 Å². The Kier molecular flexibility index (Phi) is 6.36. The van der Waals surface area contributed by atoms with Gasteiger partial charge in [0.15, 0.2) is 22.4 Å². The zero-order valence-electron chi connectivity index (χ0n) is 18.0. The molecule has 0 amide bonds. The lowest BCUT2D eigenvalue weighted by Crippen LogP contribution is -2.32. The molecule has 2 heterocycles. The summed E-state index contributed by atoms with van der Waals surface area (Å²) in [5, 5.41) is 3.91. The number of methoxy groups -OCH3 is 2. The Hall–Kier alpha value is -2.74. The summed E-state index contributed by atoms with van der Waals surface area (Å²) < 4.78 is 10.8. The van der Waals surface area contributed by atoms with Crippen molar-refractivity contribution in [3.63, 3.8) is 0 Å². The molecule has 4 rings (SSSR count). The van der Waals surface area contributed by atoms with Crippen molar-refractivity contribution in [3.05, 3.63) is 50.9 Å². The van der Waals surface area contributed by atoms with Gasteiger partial charge in [-0.3, -0.25) is 9.59 Å². The molecule has 7 nitrogen and oxygen atoms in total. The Labute approximate surface area is 185 Å². The maximum absolute atomic E-state index is 13.2. The van der Waals surface area contributed by atoms with E-state index in [0.29, 0.717) is 40.0 Å². The van der Waals surface area contributed by atoms with Gasteiger partial charge in [-0.05, 0) is 37.0 Å². The van der Waals surface area contributed by atoms with Gasteiger partial charge >= 0.3 is 0 Å². The van der Waals surface area contributed by atoms with Gasteiger partial charge in [0.05, 0.1) is 19.8 Å². The van der Waals surface area contributed by atoms with Crippen molar-refractivity contribution < 1.29 is 14.3 Å².